The molecule has 3 aromatic carbocycles. The molecule has 15 heteroatoms. The molecule has 3 fully saturated rings. The number of benzene rings is 3. The second kappa shape index (κ2) is 19.3. The Kier molecular flexibility index (Phi) is 13.7. The third kappa shape index (κ3) is 9.73. The topological polar surface area (TPSA) is 219 Å². The van der Waals surface area contributed by atoms with Crippen LogP contribution in [-0.2, 0) is 41.7 Å². The number of carbonyl (C=O) groups excluding carboxylic acids is 5. The third-order valence-corrected chi connectivity index (χ3v) is 12.7. The van der Waals surface area contributed by atoms with Gasteiger partial charge in [-0.1, -0.05) is 73.5 Å². The summed E-state index contributed by atoms with van der Waals surface area (Å²) in [5.74, 6) is -3.51. The zero-order chi connectivity index (χ0) is 43.1. The molecule has 0 spiro atoms. The smallest absolute Gasteiger partial charge is 0.326 e. The maximum atomic E-state index is 14.5. The first-order valence-corrected chi connectivity index (χ1v) is 21.7. The van der Waals surface area contributed by atoms with Gasteiger partial charge in [-0.15, -0.1) is 0 Å². The van der Waals surface area contributed by atoms with Gasteiger partial charge >= 0.3 is 5.97 Å². The quantitative estimate of drug-likeness (QED) is 0.0934. The van der Waals surface area contributed by atoms with Crippen LogP contribution in [0.5, 0.6) is 0 Å². The molecular weight excluding hydrogens is 777 g/mol. The number of nitrogens with two attached hydrogens (primary N) is 1. The van der Waals surface area contributed by atoms with Gasteiger partial charge in [-0.3, -0.25) is 24.0 Å². The number of hydrogen-bond donors (Lipinski definition) is 7. The lowest BCUT2D eigenvalue weighted by Crippen LogP contribution is -2.65. The molecule has 61 heavy (non-hydrogen) atoms. The van der Waals surface area contributed by atoms with Gasteiger partial charge in [0.15, 0.2) is 0 Å². The van der Waals surface area contributed by atoms with Crippen LogP contribution in [-0.4, -0.2) is 111 Å². The molecular formula is C46H58N8O7. The Labute approximate surface area is 355 Å². The molecule has 15 nitrogen and oxygen atoms in total. The molecule has 324 valence electrons. The van der Waals surface area contributed by atoms with E-state index in [2.05, 4.69) is 26.3 Å². The molecule has 1 saturated carbocycles. The number of nitrogens with zero attached hydrogens (tertiary/aromatic N) is 2. The largest absolute Gasteiger partial charge is 0.480 e. The maximum Gasteiger partial charge on any atom is 0.326 e. The molecule has 3 heterocycles. The van der Waals surface area contributed by atoms with Crippen LogP contribution in [0.4, 0.5) is 0 Å². The number of carboxylic acid groups (broad SMARTS) is 1. The number of aliphatic carboxylic acids is 1. The highest BCUT2D eigenvalue weighted by atomic mass is 16.4. The Morgan fingerprint density at radius 1 is 0.803 bits per heavy atom. The fourth-order valence-corrected chi connectivity index (χ4v) is 9.43. The first-order chi connectivity index (χ1) is 29.5. The van der Waals surface area contributed by atoms with E-state index < -0.39 is 65.3 Å². The average molecular weight is 835 g/mol. The van der Waals surface area contributed by atoms with Crippen molar-refractivity contribution in [3.05, 3.63) is 84.1 Å². The first kappa shape index (κ1) is 43.3. The predicted octanol–water partition coefficient (Wildman–Crippen LogP) is 3.25. The molecule has 2 saturated heterocycles. The minimum absolute atomic E-state index is 0.0234. The van der Waals surface area contributed by atoms with Crippen molar-refractivity contribution in [3.63, 3.8) is 0 Å². The van der Waals surface area contributed by atoms with E-state index in [0.717, 1.165) is 32.8 Å². The normalized spacial score (nSPS) is 20.4. The minimum atomic E-state index is -1.26. The van der Waals surface area contributed by atoms with Crippen molar-refractivity contribution < 1.29 is 33.9 Å². The summed E-state index contributed by atoms with van der Waals surface area (Å²) in [6, 6.07) is 16.5. The van der Waals surface area contributed by atoms with E-state index in [4.69, 9.17) is 5.73 Å². The Hall–Kier alpha value is -5.80. The molecule has 0 bridgehead atoms. The molecule has 8 N–H and O–H groups in total. The van der Waals surface area contributed by atoms with Gasteiger partial charge in [0, 0.05) is 49.2 Å². The predicted molar refractivity (Wildman–Crippen MR) is 231 cm³/mol. The number of nitrogens with one attached hydrogen (secondary N) is 5. The van der Waals surface area contributed by atoms with Crippen LogP contribution < -0.4 is 27.0 Å². The van der Waals surface area contributed by atoms with Gasteiger partial charge < -0.3 is 46.9 Å². The van der Waals surface area contributed by atoms with E-state index in [1.54, 1.807) is 13.1 Å². The molecule has 3 aliphatic rings. The van der Waals surface area contributed by atoms with Crippen LogP contribution in [0.1, 0.15) is 82.3 Å². The summed E-state index contributed by atoms with van der Waals surface area (Å²) in [5.41, 5.74) is 7.83. The molecule has 2 aliphatic heterocycles. The Bertz CT molecular complexity index is 2250. The lowest BCUT2D eigenvalue weighted by molar-refractivity contribution is -0.158. The van der Waals surface area contributed by atoms with Crippen LogP contribution in [0.2, 0.25) is 0 Å². The zero-order valence-corrected chi connectivity index (χ0v) is 34.8. The summed E-state index contributed by atoms with van der Waals surface area (Å²) in [6.45, 7) is 2.56. The Morgan fingerprint density at radius 2 is 1.48 bits per heavy atom. The van der Waals surface area contributed by atoms with E-state index in [9.17, 15) is 33.9 Å². The fourth-order valence-electron chi connectivity index (χ4n) is 9.43. The highest BCUT2D eigenvalue weighted by molar-refractivity contribution is 5.98. The van der Waals surface area contributed by atoms with Gasteiger partial charge in [0.1, 0.15) is 29.7 Å². The van der Waals surface area contributed by atoms with E-state index >= 15 is 0 Å². The number of hydrogen-bond acceptors (Lipinski definition) is 8. The standard InChI is InChI=1S/C46H58N8O7/c1-29(47)40(43(58)53-23-10-6-19-37(53)42(57)54-24-11-7-20-38(54)44(59)60)51-41(56)36(25-32-27-49-35-18-5-4-17-34(32)35)50-45(61)46(21-8-9-22-46)52-39(55)28-48-26-31-15-12-14-30-13-2-3-16-33(30)31/h2-5,12-18,27,29,36-38,40,48-49H,6-11,19-26,28,47H2,1H3,(H,50,61)(H,51,56)(H,52,55)(H,59,60)/t29?,36-,37+,38-,40-/m0/s1. The molecule has 4 aromatic rings. The summed E-state index contributed by atoms with van der Waals surface area (Å²) in [5, 5.41) is 25.0. The second-order valence-electron chi connectivity index (χ2n) is 16.9. The van der Waals surface area contributed by atoms with E-state index in [1.807, 2.05) is 66.7 Å². The molecule has 5 atom stereocenters. The van der Waals surface area contributed by atoms with Crippen molar-refractivity contribution in [1.29, 1.82) is 0 Å². The highest BCUT2D eigenvalue weighted by Gasteiger charge is 2.45. The number of aromatic nitrogens is 1. The zero-order valence-electron chi connectivity index (χ0n) is 34.8. The van der Waals surface area contributed by atoms with E-state index in [-0.39, 0.29) is 25.4 Å². The average Bonchev–Trinajstić information content (AvgIpc) is 3.92. The van der Waals surface area contributed by atoms with Crippen LogP contribution in [0.3, 0.4) is 0 Å². The van der Waals surface area contributed by atoms with Crippen molar-refractivity contribution in [2.24, 2.45) is 5.73 Å². The van der Waals surface area contributed by atoms with Crippen LogP contribution in [0.25, 0.3) is 21.7 Å². The lowest BCUT2D eigenvalue weighted by Gasteiger charge is -2.42. The molecule has 1 aliphatic carbocycles. The molecule has 5 amide bonds. The van der Waals surface area contributed by atoms with Crippen LogP contribution in [0.15, 0.2) is 72.9 Å². The molecule has 1 unspecified atom stereocenters. The van der Waals surface area contributed by atoms with Gasteiger partial charge in [-0.25, -0.2) is 4.79 Å². The number of piperidine rings is 2. The number of fused-ring (bicyclic) bond motifs is 2. The Morgan fingerprint density at radius 3 is 2.21 bits per heavy atom. The van der Waals surface area contributed by atoms with Gasteiger partial charge in [0.2, 0.25) is 29.5 Å². The van der Waals surface area contributed by atoms with Gasteiger partial charge in [0.25, 0.3) is 0 Å². The Balaban J connectivity index is 1.08. The number of carboxylic acids is 1. The number of likely N-dealkylation sites (tertiary alicyclic amines) is 2. The van der Waals surface area contributed by atoms with E-state index in [1.165, 1.54) is 9.80 Å². The van der Waals surface area contributed by atoms with Gasteiger partial charge in [0.05, 0.1) is 6.54 Å². The summed E-state index contributed by atoms with van der Waals surface area (Å²) in [6.07, 6.45) is 7.42. The first-order valence-electron chi connectivity index (χ1n) is 21.7. The number of carbonyl (C=O) groups is 6. The number of H-pyrrole nitrogens is 1. The minimum Gasteiger partial charge on any atom is -0.480 e. The highest BCUT2D eigenvalue weighted by Crippen LogP contribution is 2.31. The van der Waals surface area contributed by atoms with Crippen molar-refractivity contribution in [1.82, 2.24) is 36.1 Å². The fraction of sp³-hybridized carbons (Fsp3) is 0.478. The van der Waals surface area contributed by atoms with Gasteiger partial charge in [-0.2, -0.15) is 0 Å². The van der Waals surface area contributed by atoms with Crippen molar-refractivity contribution in [2.75, 3.05) is 19.6 Å². The molecule has 0 radical (unpaired) electrons. The summed E-state index contributed by atoms with van der Waals surface area (Å²) < 4.78 is 0. The van der Waals surface area contributed by atoms with E-state index in [0.29, 0.717) is 77.3 Å². The lowest BCUT2D eigenvalue weighted by atomic mass is 9.94. The second-order valence-corrected chi connectivity index (χ2v) is 16.9. The van der Waals surface area contributed by atoms with Crippen molar-refractivity contribution in [2.45, 2.75) is 120 Å². The number of amides is 5. The number of rotatable bonds is 15. The third-order valence-electron chi connectivity index (χ3n) is 12.7. The van der Waals surface area contributed by atoms with Crippen molar-refractivity contribution in [3.8, 4) is 0 Å². The number of para-hydroxylation sites is 1. The monoisotopic (exact) mass is 834 g/mol. The summed E-state index contributed by atoms with van der Waals surface area (Å²) in [7, 11) is 0. The summed E-state index contributed by atoms with van der Waals surface area (Å²) in [4.78, 5) is 89.1. The van der Waals surface area contributed by atoms with Crippen LogP contribution in [0, 0.1) is 0 Å². The molecule has 7 rings (SSSR count). The number of aromatic amines is 1. The maximum absolute atomic E-state index is 14.5. The summed E-state index contributed by atoms with van der Waals surface area (Å²) >= 11 is 0. The van der Waals surface area contributed by atoms with Crippen molar-refractivity contribution >= 4 is 57.2 Å². The molecule has 1 aromatic heterocycles. The van der Waals surface area contributed by atoms with Crippen LogP contribution >= 0.6 is 0 Å². The SMILES string of the molecule is CC(N)[C@H](NC(=O)[C@H](Cc1c[nH]c2ccccc12)NC(=O)C1(NC(=O)CNCc2cccc3ccccc23)CCCC1)C(=O)N1CCCC[C@@H]1C(=O)N1CCCC[C@H]1C(=O)O. The van der Waals surface area contributed by atoms with Gasteiger partial charge in [-0.05, 0) is 86.3 Å².